The predicted molar refractivity (Wildman–Crippen MR) is 122 cm³/mol. The van der Waals surface area contributed by atoms with Crippen LogP contribution in [-0.2, 0) is 0 Å². The summed E-state index contributed by atoms with van der Waals surface area (Å²) < 4.78 is 11.8. The molecule has 0 radical (unpaired) electrons. The highest BCUT2D eigenvalue weighted by molar-refractivity contribution is 7.98. The standard InChI is InChI=1S/C24H21ClN2O2S/c1-28-18-5-3-4-16(12-18)21-14-22-20-13-17(25)8-11-23(20)29-24(27(22)26-21)15-6-9-19(30-2)10-7-15/h3-13,22,24H,14H2,1-2H3. The van der Waals surface area contributed by atoms with E-state index >= 15 is 0 Å². The van der Waals surface area contributed by atoms with Gasteiger partial charge in [0.2, 0.25) is 6.23 Å². The fraction of sp³-hybridized carbons (Fsp3) is 0.208. The van der Waals surface area contributed by atoms with Crippen LogP contribution < -0.4 is 9.47 Å². The summed E-state index contributed by atoms with van der Waals surface area (Å²) >= 11 is 8.04. The van der Waals surface area contributed by atoms with Gasteiger partial charge in [-0.1, -0.05) is 35.9 Å². The van der Waals surface area contributed by atoms with Crippen molar-refractivity contribution in [1.29, 1.82) is 0 Å². The van der Waals surface area contributed by atoms with Crippen molar-refractivity contribution in [3.05, 3.63) is 88.4 Å². The van der Waals surface area contributed by atoms with Gasteiger partial charge in [-0.05, 0) is 48.7 Å². The molecule has 6 heteroatoms. The number of hydrogen-bond donors (Lipinski definition) is 0. The van der Waals surface area contributed by atoms with Crippen molar-refractivity contribution in [2.24, 2.45) is 5.10 Å². The van der Waals surface area contributed by atoms with Gasteiger partial charge in [0.15, 0.2) is 0 Å². The highest BCUT2D eigenvalue weighted by atomic mass is 35.5. The summed E-state index contributed by atoms with van der Waals surface area (Å²) in [5.74, 6) is 1.69. The van der Waals surface area contributed by atoms with Crippen molar-refractivity contribution in [2.75, 3.05) is 13.4 Å². The summed E-state index contributed by atoms with van der Waals surface area (Å²) in [4.78, 5) is 1.22. The Morgan fingerprint density at radius 1 is 1.10 bits per heavy atom. The number of methoxy groups -OCH3 is 1. The van der Waals surface area contributed by atoms with Crippen LogP contribution in [0.15, 0.2) is 76.7 Å². The van der Waals surface area contributed by atoms with Crippen LogP contribution in [0.2, 0.25) is 5.02 Å². The first-order valence-corrected chi connectivity index (χ1v) is 11.4. The van der Waals surface area contributed by atoms with Gasteiger partial charge in [0, 0.05) is 33.0 Å². The van der Waals surface area contributed by atoms with E-state index in [1.165, 1.54) is 4.90 Å². The van der Waals surface area contributed by atoms with Crippen LogP contribution in [0, 0.1) is 0 Å². The molecule has 0 saturated heterocycles. The number of hydrazone groups is 1. The van der Waals surface area contributed by atoms with E-state index in [1.54, 1.807) is 18.9 Å². The predicted octanol–water partition coefficient (Wildman–Crippen LogP) is 6.31. The second-order valence-electron chi connectivity index (χ2n) is 7.30. The molecule has 0 spiro atoms. The number of rotatable bonds is 4. The number of ether oxygens (including phenoxy) is 2. The Morgan fingerprint density at radius 2 is 1.93 bits per heavy atom. The van der Waals surface area contributed by atoms with Crippen molar-refractivity contribution in [3.8, 4) is 11.5 Å². The van der Waals surface area contributed by atoms with E-state index in [9.17, 15) is 0 Å². The summed E-state index contributed by atoms with van der Waals surface area (Å²) in [6, 6.07) is 22.4. The number of thioether (sulfide) groups is 1. The van der Waals surface area contributed by atoms with Gasteiger partial charge in [-0.3, -0.25) is 0 Å². The molecule has 152 valence electrons. The molecule has 0 N–H and O–H groups in total. The molecule has 0 aliphatic carbocycles. The lowest BCUT2D eigenvalue weighted by Crippen LogP contribution is -2.33. The molecular formula is C24H21ClN2O2S. The second kappa shape index (κ2) is 7.89. The van der Waals surface area contributed by atoms with E-state index in [4.69, 9.17) is 26.2 Å². The van der Waals surface area contributed by atoms with E-state index in [0.29, 0.717) is 5.02 Å². The molecule has 4 nitrogen and oxygen atoms in total. The molecule has 0 aromatic heterocycles. The van der Waals surface area contributed by atoms with E-state index in [1.807, 2.05) is 36.4 Å². The molecule has 3 aromatic rings. The molecule has 2 aliphatic rings. The average Bonchev–Trinajstić information content (AvgIpc) is 3.25. The first-order valence-electron chi connectivity index (χ1n) is 9.76. The molecule has 5 rings (SSSR count). The highest BCUT2D eigenvalue weighted by Gasteiger charge is 2.41. The lowest BCUT2D eigenvalue weighted by molar-refractivity contribution is -0.0190. The summed E-state index contributed by atoms with van der Waals surface area (Å²) in [7, 11) is 1.68. The maximum Gasteiger partial charge on any atom is 0.213 e. The van der Waals surface area contributed by atoms with Crippen molar-refractivity contribution in [3.63, 3.8) is 0 Å². The first-order chi connectivity index (χ1) is 14.7. The fourth-order valence-electron chi connectivity index (χ4n) is 4.02. The Hall–Kier alpha value is -2.63. The highest BCUT2D eigenvalue weighted by Crippen LogP contribution is 2.48. The SMILES string of the molecule is COc1cccc(C2=NN3C(C2)c2cc(Cl)ccc2OC3c2ccc(SC)cc2)c1. The van der Waals surface area contributed by atoms with Gasteiger partial charge < -0.3 is 9.47 Å². The summed E-state index contributed by atoms with van der Waals surface area (Å²) in [6.07, 6.45) is 2.57. The van der Waals surface area contributed by atoms with Gasteiger partial charge in [0.05, 0.1) is 18.9 Å². The van der Waals surface area contributed by atoms with Crippen LogP contribution in [0.5, 0.6) is 11.5 Å². The van der Waals surface area contributed by atoms with Gasteiger partial charge in [-0.25, -0.2) is 5.01 Å². The summed E-state index contributed by atoms with van der Waals surface area (Å²) in [6.45, 7) is 0. The minimum atomic E-state index is -0.289. The van der Waals surface area contributed by atoms with Gasteiger partial charge >= 0.3 is 0 Å². The Labute approximate surface area is 185 Å². The Balaban J connectivity index is 1.58. The zero-order valence-electron chi connectivity index (χ0n) is 16.7. The molecule has 3 aromatic carbocycles. The Morgan fingerprint density at radius 3 is 2.70 bits per heavy atom. The number of halogens is 1. The summed E-state index contributed by atoms with van der Waals surface area (Å²) in [5, 5.41) is 7.78. The third-order valence-corrected chi connectivity index (χ3v) is 6.53. The lowest BCUT2D eigenvalue weighted by atomic mass is 9.96. The minimum absolute atomic E-state index is 0.0684. The molecule has 0 fully saturated rings. The number of fused-ring (bicyclic) bond motifs is 3. The Bertz CT molecular complexity index is 1120. The van der Waals surface area contributed by atoms with Crippen LogP contribution in [-0.4, -0.2) is 24.1 Å². The van der Waals surface area contributed by atoms with Gasteiger partial charge in [0.25, 0.3) is 0 Å². The molecule has 2 heterocycles. The molecule has 0 amide bonds. The van der Waals surface area contributed by atoms with E-state index < -0.39 is 0 Å². The number of benzene rings is 3. The monoisotopic (exact) mass is 436 g/mol. The smallest absolute Gasteiger partial charge is 0.213 e. The molecule has 2 unspecified atom stereocenters. The Kier molecular flexibility index (Phi) is 5.09. The fourth-order valence-corrected chi connectivity index (χ4v) is 4.61. The first kappa shape index (κ1) is 19.3. The van der Waals surface area contributed by atoms with Crippen molar-refractivity contribution < 1.29 is 9.47 Å². The largest absolute Gasteiger partial charge is 0.497 e. The van der Waals surface area contributed by atoms with Crippen LogP contribution in [0.1, 0.15) is 35.4 Å². The molecule has 2 atom stereocenters. The minimum Gasteiger partial charge on any atom is -0.497 e. The zero-order chi connectivity index (χ0) is 20.7. The van der Waals surface area contributed by atoms with Crippen LogP contribution in [0.25, 0.3) is 0 Å². The third-order valence-electron chi connectivity index (χ3n) is 5.56. The van der Waals surface area contributed by atoms with Gasteiger partial charge in [-0.2, -0.15) is 5.10 Å². The third kappa shape index (κ3) is 3.42. The zero-order valence-corrected chi connectivity index (χ0v) is 18.3. The average molecular weight is 437 g/mol. The van der Waals surface area contributed by atoms with E-state index in [2.05, 4.69) is 41.6 Å². The lowest BCUT2D eigenvalue weighted by Gasteiger charge is -2.38. The number of hydrogen-bond acceptors (Lipinski definition) is 5. The molecule has 30 heavy (non-hydrogen) atoms. The van der Waals surface area contributed by atoms with Crippen LogP contribution in [0.4, 0.5) is 0 Å². The van der Waals surface area contributed by atoms with Crippen LogP contribution >= 0.6 is 23.4 Å². The quantitative estimate of drug-likeness (QED) is 0.448. The van der Waals surface area contributed by atoms with Crippen LogP contribution in [0.3, 0.4) is 0 Å². The van der Waals surface area contributed by atoms with Crippen molar-refractivity contribution in [2.45, 2.75) is 23.6 Å². The normalized spacial score (nSPS) is 19.6. The maximum atomic E-state index is 6.42. The molecule has 2 aliphatic heterocycles. The van der Waals surface area contributed by atoms with Crippen molar-refractivity contribution >= 4 is 29.1 Å². The van der Waals surface area contributed by atoms with Gasteiger partial charge in [-0.15, -0.1) is 11.8 Å². The maximum absolute atomic E-state index is 6.42. The second-order valence-corrected chi connectivity index (χ2v) is 8.62. The number of nitrogens with zero attached hydrogens (tertiary/aromatic N) is 2. The van der Waals surface area contributed by atoms with Crippen molar-refractivity contribution in [1.82, 2.24) is 5.01 Å². The van der Waals surface area contributed by atoms with E-state index in [0.717, 1.165) is 40.3 Å². The molecular weight excluding hydrogens is 416 g/mol. The molecule has 0 saturated carbocycles. The summed E-state index contributed by atoms with van der Waals surface area (Å²) in [5.41, 5.74) is 4.22. The van der Waals surface area contributed by atoms with Gasteiger partial charge in [0.1, 0.15) is 11.5 Å². The topological polar surface area (TPSA) is 34.1 Å². The molecule has 0 bridgehead atoms. The van der Waals surface area contributed by atoms with E-state index in [-0.39, 0.29) is 12.3 Å².